The number of aryl methyl sites for hydroxylation is 3. The van der Waals surface area contributed by atoms with E-state index in [4.69, 9.17) is 5.10 Å². The van der Waals surface area contributed by atoms with Crippen molar-refractivity contribution in [2.75, 3.05) is 36.0 Å². The van der Waals surface area contributed by atoms with Crippen molar-refractivity contribution in [3.8, 4) is 11.4 Å². The second-order valence-electron chi connectivity index (χ2n) is 8.03. The van der Waals surface area contributed by atoms with E-state index in [2.05, 4.69) is 57.9 Å². The highest BCUT2D eigenvalue weighted by Crippen LogP contribution is 2.26. The van der Waals surface area contributed by atoms with Crippen molar-refractivity contribution >= 4 is 17.3 Å². The Morgan fingerprint density at radius 2 is 1.50 bits per heavy atom. The summed E-state index contributed by atoms with van der Waals surface area (Å²) in [5.74, 6) is 2.43. The Morgan fingerprint density at radius 1 is 0.767 bits per heavy atom. The zero-order valence-electron chi connectivity index (χ0n) is 17.7. The van der Waals surface area contributed by atoms with E-state index in [1.54, 1.807) is 0 Å². The molecule has 1 saturated heterocycles. The molecule has 3 heterocycles. The average Bonchev–Trinajstić information content (AvgIpc) is 3.20. The van der Waals surface area contributed by atoms with Crippen LogP contribution in [-0.4, -0.2) is 45.8 Å². The van der Waals surface area contributed by atoms with Gasteiger partial charge in [-0.05, 0) is 38.0 Å². The van der Waals surface area contributed by atoms with E-state index in [9.17, 15) is 0 Å². The van der Waals surface area contributed by atoms with Crippen molar-refractivity contribution in [3.05, 3.63) is 71.4 Å². The lowest BCUT2D eigenvalue weighted by atomic mass is 10.1. The molecule has 1 aliphatic heterocycles. The zero-order valence-corrected chi connectivity index (χ0v) is 17.7. The summed E-state index contributed by atoms with van der Waals surface area (Å²) < 4.78 is 1.89. The molecule has 2 aromatic heterocycles. The minimum Gasteiger partial charge on any atom is -0.368 e. The van der Waals surface area contributed by atoms with E-state index in [-0.39, 0.29) is 0 Å². The van der Waals surface area contributed by atoms with E-state index in [1.807, 2.05) is 41.8 Å². The smallest absolute Gasteiger partial charge is 0.254 e. The summed E-state index contributed by atoms with van der Waals surface area (Å²) in [5, 5.41) is 4.79. The van der Waals surface area contributed by atoms with Crippen LogP contribution in [0.4, 0.5) is 11.5 Å². The lowest BCUT2D eigenvalue weighted by Gasteiger charge is -2.38. The molecule has 1 aliphatic rings. The molecule has 0 aliphatic carbocycles. The summed E-state index contributed by atoms with van der Waals surface area (Å²) in [5.41, 5.74) is 5.95. The molecule has 0 saturated carbocycles. The summed E-state index contributed by atoms with van der Waals surface area (Å²) in [4.78, 5) is 14.2. The highest BCUT2D eigenvalue weighted by atomic mass is 15.4. The molecule has 6 nitrogen and oxygen atoms in total. The summed E-state index contributed by atoms with van der Waals surface area (Å²) in [7, 11) is 0. The first-order valence-electron chi connectivity index (χ1n) is 10.5. The summed E-state index contributed by atoms with van der Waals surface area (Å²) >= 11 is 0. The first-order chi connectivity index (χ1) is 14.6. The first kappa shape index (κ1) is 18.6. The molecule has 0 amide bonds. The molecule has 30 heavy (non-hydrogen) atoms. The van der Waals surface area contributed by atoms with Crippen LogP contribution in [0.2, 0.25) is 0 Å². The Morgan fingerprint density at radius 3 is 2.27 bits per heavy atom. The van der Waals surface area contributed by atoms with Crippen molar-refractivity contribution < 1.29 is 0 Å². The zero-order chi connectivity index (χ0) is 20.7. The SMILES string of the molecule is Cc1ccc(C)c(N2CCN(c3cc(C)nc4nc(-c5ccccc5)nn34)CC2)c1. The van der Waals surface area contributed by atoms with E-state index in [0.29, 0.717) is 11.6 Å². The second kappa shape index (κ2) is 7.44. The third kappa shape index (κ3) is 3.38. The highest BCUT2D eigenvalue weighted by molar-refractivity contribution is 5.60. The molecular formula is C24H26N6. The molecule has 0 bridgehead atoms. The van der Waals surface area contributed by atoms with Crippen molar-refractivity contribution in [2.45, 2.75) is 20.8 Å². The molecule has 5 rings (SSSR count). The largest absolute Gasteiger partial charge is 0.368 e. The molecule has 0 spiro atoms. The molecule has 0 N–H and O–H groups in total. The Bertz CT molecular complexity index is 1190. The lowest BCUT2D eigenvalue weighted by molar-refractivity contribution is 0.637. The van der Waals surface area contributed by atoms with Gasteiger partial charge in [-0.25, -0.2) is 4.98 Å². The Kier molecular flexibility index (Phi) is 4.62. The van der Waals surface area contributed by atoms with Gasteiger partial charge in [-0.1, -0.05) is 42.5 Å². The topological polar surface area (TPSA) is 49.6 Å². The van der Waals surface area contributed by atoms with E-state index in [0.717, 1.165) is 43.3 Å². The van der Waals surface area contributed by atoms with Gasteiger partial charge in [-0.2, -0.15) is 9.50 Å². The summed E-state index contributed by atoms with van der Waals surface area (Å²) in [6, 6.07) is 18.9. The average molecular weight is 399 g/mol. The van der Waals surface area contributed by atoms with Gasteiger partial charge in [0.1, 0.15) is 5.82 Å². The third-order valence-electron chi connectivity index (χ3n) is 5.76. The summed E-state index contributed by atoms with van der Waals surface area (Å²) in [6.07, 6.45) is 0. The molecule has 6 heteroatoms. The fourth-order valence-electron chi connectivity index (χ4n) is 4.14. The fourth-order valence-corrected chi connectivity index (χ4v) is 4.14. The number of hydrogen-bond acceptors (Lipinski definition) is 5. The molecular weight excluding hydrogens is 372 g/mol. The third-order valence-corrected chi connectivity index (χ3v) is 5.76. The Balaban J connectivity index is 1.44. The van der Waals surface area contributed by atoms with Crippen LogP contribution < -0.4 is 9.80 Å². The molecule has 1 fully saturated rings. The van der Waals surface area contributed by atoms with Crippen LogP contribution in [-0.2, 0) is 0 Å². The molecule has 152 valence electrons. The van der Waals surface area contributed by atoms with Crippen LogP contribution in [0.25, 0.3) is 17.2 Å². The Hall–Kier alpha value is -3.41. The van der Waals surface area contributed by atoms with E-state index in [1.165, 1.54) is 16.8 Å². The second-order valence-corrected chi connectivity index (χ2v) is 8.03. The number of aromatic nitrogens is 4. The number of rotatable bonds is 3. The highest BCUT2D eigenvalue weighted by Gasteiger charge is 2.22. The van der Waals surface area contributed by atoms with Crippen LogP contribution in [0.5, 0.6) is 0 Å². The standard InChI is InChI=1S/C24H26N6/c1-17-9-10-18(2)21(15-17)28-11-13-29(14-12-28)22-16-19(3)25-24-26-23(27-30(22)24)20-7-5-4-6-8-20/h4-10,15-16H,11-14H2,1-3H3. The number of piperazine rings is 1. The van der Waals surface area contributed by atoms with Crippen molar-refractivity contribution in [1.29, 1.82) is 0 Å². The predicted molar refractivity (Wildman–Crippen MR) is 121 cm³/mol. The van der Waals surface area contributed by atoms with Crippen molar-refractivity contribution in [1.82, 2.24) is 19.6 Å². The van der Waals surface area contributed by atoms with Crippen LogP contribution >= 0.6 is 0 Å². The number of benzene rings is 2. The van der Waals surface area contributed by atoms with Gasteiger partial charge in [0, 0.05) is 49.2 Å². The molecule has 4 aromatic rings. The lowest BCUT2D eigenvalue weighted by Crippen LogP contribution is -2.47. The number of hydrogen-bond donors (Lipinski definition) is 0. The first-order valence-corrected chi connectivity index (χ1v) is 10.5. The monoisotopic (exact) mass is 398 g/mol. The van der Waals surface area contributed by atoms with Crippen LogP contribution in [0.15, 0.2) is 54.6 Å². The maximum Gasteiger partial charge on any atom is 0.254 e. The minimum atomic E-state index is 0.654. The van der Waals surface area contributed by atoms with E-state index < -0.39 is 0 Å². The quantitative estimate of drug-likeness (QED) is 0.521. The van der Waals surface area contributed by atoms with Crippen LogP contribution in [0.1, 0.15) is 16.8 Å². The normalized spacial score (nSPS) is 14.5. The molecule has 2 aromatic carbocycles. The number of fused-ring (bicyclic) bond motifs is 1. The minimum absolute atomic E-state index is 0.654. The summed E-state index contributed by atoms with van der Waals surface area (Å²) in [6.45, 7) is 10.2. The van der Waals surface area contributed by atoms with Gasteiger partial charge < -0.3 is 9.80 Å². The van der Waals surface area contributed by atoms with Gasteiger partial charge in [-0.3, -0.25) is 0 Å². The van der Waals surface area contributed by atoms with Gasteiger partial charge in [0.25, 0.3) is 5.78 Å². The molecule has 0 atom stereocenters. The molecule has 0 radical (unpaired) electrons. The van der Waals surface area contributed by atoms with Gasteiger partial charge in [0.05, 0.1) is 0 Å². The number of nitrogens with zero attached hydrogens (tertiary/aromatic N) is 6. The van der Waals surface area contributed by atoms with Crippen LogP contribution in [0.3, 0.4) is 0 Å². The van der Waals surface area contributed by atoms with Gasteiger partial charge in [0.15, 0.2) is 5.82 Å². The fraction of sp³-hybridized carbons (Fsp3) is 0.292. The van der Waals surface area contributed by atoms with Gasteiger partial charge >= 0.3 is 0 Å². The maximum atomic E-state index is 4.79. The van der Waals surface area contributed by atoms with Crippen molar-refractivity contribution in [3.63, 3.8) is 0 Å². The number of anilines is 2. The molecule has 0 unspecified atom stereocenters. The van der Waals surface area contributed by atoms with Crippen molar-refractivity contribution in [2.24, 2.45) is 0 Å². The van der Waals surface area contributed by atoms with Gasteiger partial charge in [-0.15, -0.1) is 5.10 Å². The van der Waals surface area contributed by atoms with Crippen LogP contribution in [0, 0.1) is 20.8 Å². The van der Waals surface area contributed by atoms with E-state index >= 15 is 0 Å². The van der Waals surface area contributed by atoms with Gasteiger partial charge in [0.2, 0.25) is 0 Å². The predicted octanol–water partition coefficient (Wildman–Crippen LogP) is 4.04. The Labute approximate surface area is 176 Å². The maximum absolute atomic E-state index is 4.79.